The lowest BCUT2D eigenvalue weighted by Gasteiger charge is -2.28. The smallest absolute Gasteiger partial charge is 0.358 e. The van der Waals surface area contributed by atoms with E-state index >= 15 is 0 Å². The Kier molecular flexibility index (Phi) is 3.76. The highest BCUT2D eigenvalue weighted by molar-refractivity contribution is 5.91. The summed E-state index contributed by atoms with van der Waals surface area (Å²) >= 11 is 0. The van der Waals surface area contributed by atoms with Gasteiger partial charge < -0.3 is 14.9 Å². The Balaban J connectivity index is 2.27. The van der Waals surface area contributed by atoms with E-state index in [2.05, 4.69) is 19.8 Å². The number of anilines is 1. The van der Waals surface area contributed by atoms with Gasteiger partial charge in [0.05, 0.1) is 0 Å². The number of aromatic carboxylic acids is 1. The summed E-state index contributed by atoms with van der Waals surface area (Å²) in [6, 6.07) is 0.315. The Labute approximate surface area is 106 Å². The molecule has 2 heterocycles. The van der Waals surface area contributed by atoms with Gasteiger partial charge >= 0.3 is 5.97 Å². The molecule has 1 atom stereocenters. The number of likely N-dealkylation sites (N-methyl/N-ethyl adjacent to an activating group) is 1. The van der Waals surface area contributed by atoms with Crippen LogP contribution in [0, 0.1) is 0 Å². The summed E-state index contributed by atoms with van der Waals surface area (Å²) in [5.41, 5.74) is 0.0446. The van der Waals surface area contributed by atoms with E-state index in [1.807, 2.05) is 14.1 Å². The average Bonchev–Trinajstić information content (AvgIpc) is 2.76. The molecule has 98 valence electrons. The molecule has 6 nitrogen and oxygen atoms in total. The van der Waals surface area contributed by atoms with E-state index in [9.17, 15) is 4.79 Å². The van der Waals surface area contributed by atoms with E-state index in [1.54, 1.807) is 6.20 Å². The van der Waals surface area contributed by atoms with Gasteiger partial charge in [0.25, 0.3) is 0 Å². The van der Waals surface area contributed by atoms with Gasteiger partial charge in [0.1, 0.15) is 0 Å². The van der Waals surface area contributed by atoms with Crippen molar-refractivity contribution < 1.29 is 9.90 Å². The quantitative estimate of drug-likeness (QED) is 0.848. The molecule has 6 heteroatoms. The van der Waals surface area contributed by atoms with Gasteiger partial charge in [0, 0.05) is 31.5 Å². The van der Waals surface area contributed by atoms with Crippen LogP contribution in [0.1, 0.15) is 23.3 Å². The predicted octanol–water partition coefficient (Wildman–Crippen LogP) is 0.705. The Bertz CT molecular complexity index is 436. The van der Waals surface area contributed by atoms with Crippen molar-refractivity contribution in [3.8, 4) is 0 Å². The number of nitrogens with zero attached hydrogens (tertiary/aromatic N) is 4. The van der Waals surface area contributed by atoms with Crippen molar-refractivity contribution in [2.45, 2.75) is 18.9 Å². The molecule has 1 unspecified atom stereocenters. The average molecular weight is 250 g/mol. The zero-order chi connectivity index (χ0) is 13.1. The van der Waals surface area contributed by atoms with Crippen molar-refractivity contribution in [2.24, 2.45) is 0 Å². The van der Waals surface area contributed by atoms with Crippen LogP contribution >= 0.6 is 0 Å². The van der Waals surface area contributed by atoms with Gasteiger partial charge in [-0.1, -0.05) is 0 Å². The van der Waals surface area contributed by atoms with E-state index in [-0.39, 0.29) is 5.69 Å². The summed E-state index contributed by atoms with van der Waals surface area (Å²) in [7, 11) is 4.04. The van der Waals surface area contributed by atoms with E-state index in [4.69, 9.17) is 5.11 Å². The molecule has 1 aliphatic heterocycles. The molecule has 0 saturated carbocycles. The third kappa shape index (κ3) is 2.59. The zero-order valence-electron chi connectivity index (χ0n) is 10.7. The summed E-state index contributed by atoms with van der Waals surface area (Å²) in [5, 5.41) is 9.15. The van der Waals surface area contributed by atoms with Crippen molar-refractivity contribution in [3.63, 3.8) is 0 Å². The topological polar surface area (TPSA) is 69.6 Å². The number of aromatic nitrogens is 2. The maximum absolute atomic E-state index is 11.2. The fourth-order valence-electron chi connectivity index (χ4n) is 2.42. The van der Waals surface area contributed by atoms with Crippen molar-refractivity contribution >= 4 is 11.8 Å². The van der Waals surface area contributed by atoms with E-state index < -0.39 is 5.97 Å². The second kappa shape index (κ2) is 5.30. The molecule has 2 rings (SSSR count). The van der Waals surface area contributed by atoms with Crippen LogP contribution in [0.2, 0.25) is 0 Å². The summed E-state index contributed by atoms with van der Waals surface area (Å²) in [4.78, 5) is 23.5. The number of carbonyl (C=O) groups is 1. The van der Waals surface area contributed by atoms with Crippen LogP contribution in [0.15, 0.2) is 12.4 Å². The molecular formula is C12H18N4O2. The second-order valence-corrected chi connectivity index (χ2v) is 4.79. The van der Waals surface area contributed by atoms with Gasteiger partial charge in [-0.2, -0.15) is 0 Å². The fraction of sp³-hybridized carbons (Fsp3) is 0.583. The van der Waals surface area contributed by atoms with Crippen LogP contribution in [0.25, 0.3) is 0 Å². The van der Waals surface area contributed by atoms with Crippen LogP contribution in [0.3, 0.4) is 0 Å². The molecule has 0 amide bonds. The lowest BCUT2D eigenvalue weighted by Crippen LogP contribution is -2.39. The highest BCUT2D eigenvalue weighted by atomic mass is 16.4. The van der Waals surface area contributed by atoms with Gasteiger partial charge in [0.15, 0.2) is 11.5 Å². The third-order valence-corrected chi connectivity index (χ3v) is 3.11. The number of carboxylic acid groups (broad SMARTS) is 1. The summed E-state index contributed by atoms with van der Waals surface area (Å²) < 4.78 is 0. The first-order chi connectivity index (χ1) is 8.59. The monoisotopic (exact) mass is 250 g/mol. The van der Waals surface area contributed by atoms with Gasteiger partial charge in [-0.3, -0.25) is 0 Å². The maximum atomic E-state index is 11.2. The number of hydrogen-bond acceptors (Lipinski definition) is 5. The zero-order valence-corrected chi connectivity index (χ0v) is 10.7. The van der Waals surface area contributed by atoms with Crippen LogP contribution in [0.5, 0.6) is 0 Å². The Hall–Kier alpha value is -1.69. The molecule has 1 aromatic rings. The van der Waals surface area contributed by atoms with Gasteiger partial charge in [-0.15, -0.1) is 0 Å². The highest BCUT2D eigenvalue weighted by Crippen LogP contribution is 2.26. The minimum absolute atomic E-state index is 0.0446. The Morgan fingerprint density at radius 2 is 2.22 bits per heavy atom. The lowest BCUT2D eigenvalue weighted by atomic mass is 10.2. The summed E-state index contributed by atoms with van der Waals surface area (Å²) in [5.74, 6) is -0.525. The van der Waals surface area contributed by atoms with Crippen molar-refractivity contribution in [3.05, 3.63) is 18.1 Å². The molecule has 0 spiro atoms. The van der Waals surface area contributed by atoms with Crippen LogP contribution < -0.4 is 4.90 Å². The van der Waals surface area contributed by atoms with Crippen LogP contribution in [0.4, 0.5) is 5.82 Å². The Morgan fingerprint density at radius 1 is 1.50 bits per heavy atom. The first kappa shape index (κ1) is 12.8. The molecule has 1 fully saturated rings. The minimum Gasteiger partial charge on any atom is -0.476 e. The third-order valence-electron chi connectivity index (χ3n) is 3.11. The van der Waals surface area contributed by atoms with Crippen LogP contribution in [-0.4, -0.2) is 59.2 Å². The van der Waals surface area contributed by atoms with Crippen LogP contribution in [-0.2, 0) is 0 Å². The summed E-state index contributed by atoms with van der Waals surface area (Å²) in [6.45, 7) is 1.74. The number of rotatable bonds is 4. The molecule has 1 saturated heterocycles. The molecule has 18 heavy (non-hydrogen) atoms. The van der Waals surface area contributed by atoms with Crippen molar-refractivity contribution in [1.82, 2.24) is 14.9 Å². The molecule has 1 aromatic heterocycles. The molecule has 0 aromatic carbocycles. The SMILES string of the molecule is CN(C)CC1CCCN1c1nccnc1C(=O)O. The Morgan fingerprint density at radius 3 is 2.89 bits per heavy atom. The fourth-order valence-corrected chi connectivity index (χ4v) is 2.42. The number of carboxylic acids is 1. The number of hydrogen-bond donors (Lipinski definition) is 1. The molecular weight excluding hydrogens is 232 g/mol. The normalized spacial score (nSPS) is 19.5. The molecule has 1 aliphatic rings. The van der Waals surface area contributed by atoms with E-state index in [1.165, 1.54) is 6.20 Å². The largest absolute Gasteiger partial charge is 0.476 e. The highest BCUT2D eigenvalue weighted by Gasteiger charge is 2.29. The second-order valence-electron chi connectivity index (χ2n) is 4.79. The lowest BCUT2D eigenvalue weighted by molar-refractivity contribution is 0.0690. The first-order valence-electron chi connectivity index (χ1n) is 6.05. The maximum Gasteiger partial charge on any atom is 0.358 e. The standard InChI is InChI=1S/C12H18N4O2/c1-15(2)8-9-4-3-7-16(9)11-10(12(17)18)13-5-6-14-11/h5-6,9H,3-4,7-8H2,1-2H3,(H,17,18). The van der Waals surface area contributed by atoms with Gasteiger partial charge in [0.2, 0.25) is 0 Å². The molecule has 0 radical (unpaired) electrons. The molecule has 0 bridgehead atoms. The van der Waals surface area contributed by atoms with E-state index in [0.29, 0.717) is 11.9 Å². The molecule has 1 N–H and O–H groups in total. The van der Waals surface area contributed by atoms with Crippen molar-refractivity contribution in [2.75, 3.05) is 32.1 Å². The summed E-state index contributed by atoms with van der Waals surface area (Å²) in [6.07, 6.45) is 5.10. The van der Waals surface area contributed by atoms with Gasteiger partial charge in [-0.25, -0.2) is 14.8 Å². The van der Waals surface area contributed by atoms with Gasteiger partial charge in [-0.05, 0) is 26.9 Å². The van der Waals surface area contributed by atoms with Crippen molar-refractivity contribution in [1.29, 1.82) is 0 Å². The predicted molar refractivity (Wildman–Crippen MR) is 67.9 cm³/mol. The first-order valence-corrected chi connectivity index (χ1v) is 6.05. The molecule has 0 aliphatic carbocycles. The minimum atomic E-state index is -1.02. The van der Waals surface area contributed by atoms with E-state index in [0.717, 1.165) is 25.9 Å².